The van der Waals surface area contributed by atoms with Crippen molar-refractivity contribution in [1.29, 1.82) is 0 Å². The zero-order valence-corrected chi connectivity index (χ0v) is 20.7. The van der Waals surface area contributed by atoms with E-state index in [4.69, 9.17) is 9.47 Å². The highest BCUT2D eigenvalue weighted by atomic mass is 19.1. The summed E-state index contributed by atoms with van der Waals surface area (Å²) in [7, 11) is 1.68. The van der Waals surface area contributed by atoms with E-state index in [0.717, 1.165) is 40.3 Å². The topological polar surface area (TPSA) is 96.2 Å². The van der Waals surface area contributed by atoms with Crippen molar-refractivity contribution < 1.29 is 19.0 Å². The van der Waals surface area contributed by atoms with Crippen LogP contribution in [0.3, 0.4) is 0 Å². The molecule has 192 valence electrons. The highest BCUT2D eigenvalue weighted by Gasteiger charge is 2.29. The Morgan fingerprint density at radius 3 is 2.89 bits per heavy atom. The Morgan fingerprint density at radius 1 is 1.22 bits per heavy atom. The number of aliphatic hydroxyl groups is 1. The van der Waals surface area contributed by atoms with Gasteiger partial charge in [0.15, 0.2) is 0 Å². The molecule has 1 unspecified atom stereocenters. The molecule has 37 heavy (non-hydrogen) atoms. The van der Waals surface area contributed by atoms with Gasteiger partial charge in [0.25, 0.3) is 0 Å². The zero-order valence-electron chi connectivity index (χ0n) is 20.7. The monoisotopic (exact) mass is 504 g/mol. The number of hydrogen-bond acceptors (Lipinski definition) is 8. The molecule has 0 radical (unpaired) electrons. The van der Waals surface area contributed by atoms with Crippen molar-refractivity contribution >= 4 is 22.8 Å². The first-order valence-corrected chi connectivity index (χ1v) is 12.3. The minimum atomic E-state index is -0.522. The van der Waals surface area contributed by atoms with Crippen LogP contribution < -0.4 is 15.5 Å². The fourth-order valence-corrected chi connectivity index (χ4v) is 5.14. The summed E-state index contributed by atoms with van der Waals surface area (Å²) in [6.45, 7) is 4.32. The molecule has 1 saturated heterocycles. The summed E-state index contributed by atoms with van der Waals surface area (Å²) in [6, 6.07) is 10.9. The molecule has 5 heterocycles. The number of ether oxygens (including phenoxy) is 2. The fourth-order valence-electron chi connectivity index (χ4n) is 5.14. The van der Waals surface area contributed by atoms with Crippen molar-refractivity contribution in [1.82, 2.24) is 19.7 Å². The van der Waals surface area contributed by atoms with Gasteiger partial charge in [-0.25, -0.2) is 14.4 Å². The summed E-state index contributed by atoms with van der Waals surface area (Å²) >= 11 is 0. The minimum Gasteiger partial charge on any atom is -0.391 e. The summed E-state index contributed by atoms with van der Waals surface area (Å²) in [6.07, 6.45) is 4.30. The SMILES string of the molecule is COC1NCc2c(-c3cnc4cc(F)ccn34)ccc(Nc3ccc(N4CCO[C@H]([C@H](C)O)C4)cn3)c21. The molecule has 0 amide bonds. The fraction of sp³-hybridized carbons (Fsp3) is 0.333. The van der Waals surface area contributed by atoms with Gasteiger partial charge in [0, 0.05) is 55.8 Å². The second-order valence-electron chi connectivity index (χ2n) is 9.39. The third-order valence-corrected chi connectivity index (χ3v) is 7.08. The average molecular weight is 505 g/mol. The normalized spacial score (nSPS) is 20.3. The molecule has 1 aromatic carbocycles. The van der Waals surface area contributed by atoms with Crippen LogP contribution in [0.2, 0.25) is 0 Å². The van der Waals surface area contributed by atoms with E-state index in [9.17, 15) is 9.50 Å². The number of halogens is 1. The van der Waals surface area contributed by atoms with Gasteiger partial charge in [0.05, 0.1) is 36.5 Å². The molecule has 0 aliphatic carbocycles. The summed E-state index contributed by atoms with van der Waals surface area (Å²) in [5.41, 5.74) is 6.45. The van der Waals surface area contributed by atoms with Gasteiger partial charge in [0.1, 0.15) is 29.6 Å². The lowest BCUT2D eigenvalue weighted by Gasteiger charge is -2.35. The quantitative estimate of drug-likeness (QED) is 0.367. The van der Waals surface area contributed by atoms with Crippen LogP contribution in [0, 0.1) is 5.82 Å². The van der Waals surface area contributed by atoms with Gasteiger partial charge in [-0.05, 0) is 36.8 Å². The molecule has 2 aliphatic heterocycles. The van der Waals surface area contributed by atoms with Crippen LogP contribution in [-0.4, -0.2) is 58.5 Å². The summed E-state index contributed by atoms with van der Waals surface area (Å²) in [5, 5.41) is 16.8. The predicted molar refractivity (Wildman–Crippen MR) is 138 cm³/mol. The molecular formula is C27H29FN6O3. The Bertz CT molecular complexity index is 1420. The second-order valence-corrected chi connectivity index (χ2v) is 9.39. The number of hydrogen-bond donors (Lipinski definition) is 3. The molecule has 9 nitrogen and oxygen atoms in total. The van der Waals surface area contributed by atoms with Crippen LogP contribution in [0.4, 0.5) is 21.6 Å². The van der Waals surface area contributed by atoms with Crippen LogP contribution in [0.5, 0.6) is 0 Å². The van der Waals surface area contributed by atoms with Crippen LogP contribution in [-0.2, 0) is 16.0 Å². The van der Waals surface area contributed by atoms with Crippen LogP contribution >= 0.6 is 0 Å². The van der Waals surface area contributed by atoms with E-state index in [-0.39, 0.29) is 18.1 Å². The van der Waals surface area contributed by atoms with Crippen LogP contribution in [0.15, 0.2) is 55.0 Å². The summed E-state index contributed by atoms with van der Waals surface area (Å²) in [5.74, 6) is 0.400. The third kappa shape index (κ3) is 4.42. The van der Waals surface area contributed by atoms with E-state index in [1.54, 1.807) is 26.4 Å². The van der Waals surface area contributed by atoms with Gasteiger partial charge in [-0.1, -0.05) is 6.07 Å². The van der Waals surface area contributed by atoms with E-state index in [1.165, 1.54) is 12.1 Å². The van der Waals surface area contributed by atoms with E-state index in [2.05, 4.69) is 25.5 Å². The molecule has 3 N–H and O–H groups in total. The molecule has 4 aromatic rings. The number of morpholine rings is 1. The predicted octanol–water partition coefficient (Wildman–Crippen LogP) is 3.61. The molecule has 10 heteroatoms. The van der Waals surface area contributed by atoms with E-state index in [0.29, 0.717) is 31.2 Å². The largest absolute Gasteiger partial charge is 0.391 e. The number of nitrogens with one attached hydrogen (secondary N) is 2. The van der Waals surface area contributed by atoms with Crippen LogP contribution in [0.1, 0.15) is 24.3 Å². The number of benzene rings is 1. The number of pyridine rings is 2. The van der Waals surface area contributed by atoms with Crippen molar-refractivity contribution in [3.63, 3.8) is 0 Å². The molecule has 6 rings (SSSR count). The smallest absolute Gasteiger partial charge is 0.140 e. The number of methoxy groups -OCH3 is 1. The number of nitrogens with zero attached hydrogens (tertiary/aromatic N) is 4. The first kappa shape index (κ1) is 23.8. The zero-order chi connectivity index (χ0) is 25.5. The number of imidazole rings is 1. The Labute approximate surface area is 213 Å². The third-order valence-electron chi connectivity index (χ3n) is 7.08. The Morgan fingerprint density at radius 2 is 2.11 bits per heavy atom. The molecule has 3 aromatic heterocycles. The lowest BCUT2D eigenvalue weighted by molar-refractivity contribution is -0.0364. The van der Waals surface area contributed by atoms with E-state index >= 15 is 0 Å². The highest BCUT2D eigenvalue weighted by Crippen LogP contribution is 2.40. The first-order chi connectivity index (χ1) is 18.0. The average Bonchev–Trinajstić information content (AvgIpc) is 3.54. The molecule has 1 fully saturated rings. The minimum absolute atomic E-state index is 0.210. The van der Waals surface area contributed by atoms with Crippen LogP contribution in [0.25, 0.3) is 16.9 Å². The van der Waals surface area contributed by atoms with Gasteiger partial charge in [-0.3, -0.25) is 9.72 Å². The molecule has 3 atom stereocenters. The number of fused-ring (bicyclic) bond motifs is 2. The molecule has 2 aliphatic rings. The lowest BCUT2D eigenvalue weighted by Crippen LogP contribution is -2.47. The standard InChI is InChI=1S/C27H29FN6O3/c1-16(35)23-15-33(9-10-37-23)18-3-6-24(29-12-18)32-21-5-4-19(20-13-31-27(36-2)26(20)21)22-14-30-25-11-17(28)7-8-34(22)25/h3-8,11-12,14,16,23,27,31,35H,9-10,13,15H2,1-2H3,(H,29,32)/t16-,23-,27?/m0/s1. The van der Waals surface area contributed by atoms with Gasteiger partial charge in [-0.15, -0.1) is 0 Å². The summed E-state index contributed by atoms with van der Waals surface area (Å²) in [4.78, 5) is 11.2. The Hall–Kier alpha value is -3.57. The maximum atomic E-state index is 13.7. The molecule has 0 saturated carbocycles. The number of aliphatic hydroxyl groups excluding tert-OH is 1. The van der Waals surface area contributed by atoms with Crippen molar-refractivity contribution in [3.8, 4) is 11.3 Å². The van der Waals surface area contributed by atoms with Crippen molar-refractivity contribution in [3.05, 3.63) is 71.9 Å². The van der Waals surface area contributed by atoms with Gasteiger partial charge >= 0.3 is 0 Å². The molecule has 0 bridgehead atoms. The molecule has 0 spiro atoms. The Balaban J connectivity index is 1.29. The van der Waals surface area contributed by atoms with E-state index < -0.39 is 6.10 Å². The number of anilines is 3. The maximum absolute atomic E-state index is 13.7. The number of rotatable bonds is 6. The second kappa shape index (κ2) is 9.71. The van der Waals surface area contributed by atoms with Crippen molar-refractivity contribution in [2.24, 2.45) is 0 Å². The van der Waals surface area contributed by atoms with Gasteiger partial charge in [-0.2, -0.15) is 0 Å². The molecular weight excluding hydrogens is 475 g/mol. The maximum Gasteiger partial charge on any atom is 0.140 e. The van der Waals surface area contributed by atoms with E-state index in [1.807, 2.05) is 34.9 Å². The Kier molecular flexibility index (Phi) is 6.25. The number of aromatic nitrogens is 3. The highest BCUT2D eigenvalue weighted by molar-refractivity contribution is 5.76. The van der Waals surface area contributed by atoms with Gasteiger partial charge < -0.3 is 24.8 Å². The van der Waals surface area contributed by atoms with Crippen molar-refractivity contribution in [2.45, 2.75) is 31.9 Å². The summed E-state index contributed by atoms with van der Waals surface area (Å²) < 4.78 is 27.0. The van der Waals surface area contributed by atoms with Gasteiger partial charge in [0.2, 0.25) is 0 Å². The lowest BCUT2D eigenvalue weighted by atomic mass is 9.98. The first-order valence-electron chi connectivity index (χ1n) is 12.3. The van der Waals surface area contributed by atoms with Crippen molar-refractivity contribution in [2.75, 3.05) is 37.0 Å².